The van der Waals surface area contributed by atoms with Gasteiger partial charge >= 0.3 is 0 Å². The van der Waals surface area contributed by atoms with Crippen LogP contribution < -0.4 is 10.1 Å². The zero-order valence-electron chi connectivity index (χ0n) is 13.7. The Hall–Kier alpha value is -3.08. The maximum Gasteiger partial charge on any atom is 0.228 e. The number of hydrogen-bond acceptors (Lipinski definition) is 3. The van der Waals surface area contributed by atoms with Gasteiger partial charge in [0.15, 0.2) is 0 Å². The fourth-order valence-corrected chi connectivity index (χ4v) is 2.50. The van der Waals surface area contributed by atoms with Crippen molar-refractivity contribution in [2.24, 2.45) is 0 Å². The van der Waals surface area contributed by atoms with E-state index in [4.69, 9.17) is 4.74 Å². The fraction of sp³-hybridized carbons (Fsp3) is 0.158. The molecule has 122 valence electrons. The predicted molar refractivity (Wildman–Crippen MR) is 94.1 cm³/mol. The molecule has 0 saturated carbocycles. The second-order valence-electron chi connectivity index (χ2n) is 5.59. The van der Waals surface area contributed by atoms with Gasteiger partial charge < -0.3 is 10.1 Å². The van der Waals surface area contributed by atoms with Gasteiger partial charge in [0, 0.05) is 16.9 Å². The molecule has 0 radical (unpaired) electrons. The largest absolute Gasteiger partial charge is 0.497 e. The van der Waals surface area contributed by atoms with Crippen LogP contribution in [0.1, 0.15) is 11.3 Å². The Kier molecular flexibility index (Phi) is 4.61. The number of carbonyl (C=O) groups excluding carboxylic acids is 1. The van der Waals surface area contributed by atoms with E-state index < -0.39 is 0 Å². The van der Waals surface area contributed by atoms with Crippen molar-refractivity contribution in [2.45, 2.75) is 13.3 Å². The van der Waals surface area contributed by atoms with Crippen LogP contribution in [0.15, 0.2) is 54.6 Å². The van der Waals surface area contributed by atoms with Crippen LogP contribution in [-0.4, -0.2) is 23.2 Å². The van der Waals surface area contributed by atoms with E-state index in [-0.39, 0.29) is 5.91 Å². The molecule has 0 fully saturated rings. The van der Waals surface area contributed by atoms with Crippen LogP contribution in [0.3, 0.4) is 0 Å². The van der Waals surface area contributed by atoms with Gasteiger partial charge in [-0.2, -0.15) is 5.10 Å². The Labute approximate surface area is 140 Å². The van der Waals surface area contributed by atoms with Crippen molar-refractivity contribution in [1.29, 1.82) is 0 Å². The van der Waals surface area contributed by atoms with Crippen LogP contribution in [-0.2, 0) is 11.2 Å². The summed E-state index contributed by atoms with van der Waals surface area (Å²) in [7, 11) is 1.61. The van der Waals surface area contributed by atoms with Crippen LogP contribution in [0, 0.1) is 6.92 Å². The number of aromatic amines is 1. The van der Waals surface area contributed by atoms with Gasteiger partial charge in [0.25, 0.3) is 0 Å². The third-order valence-corrected chi connectivity index (χ3v) is 3.65. The molecule has 0 aliphatic heterocycles. The molecule has 0 saturated heterocycles. The number of aryl methyl sites for hydroxylation is 1. The zero-order chi connectivity index (χ0) is 16.9. The number of methoxy groups -OCH3 is 1. The molecule has 1 heterocycles. The van der Waals surface area contributed by atoms with Crippen LogP contribution in [0.2, 0.25) is 0 Å². The van der Waals surface area contributed by atoms with Crippen molar-refractivity contribution in [3.63, 3.8) is 0 Å². The van der Waals surface area contributed by atoms with Gasteiger partial charge in [0.2, 0.25) is 5.91 Å². The third kappa shape index (κ3) is 3.81. The van der Waals surface area contributed by atoms with Crippen LogP contribution in [0.5, 0.6) is 5.75 Å². The number of rotatable bonds is 5. The molecule has 0 bridgehead atoms. The quantitative estimate of drug-likeness (QED) is 0.755. The Morgan fingerprint density at radius 3 is 2.75 bits per heavy atom. The van der Waals surface area contributed by atoms with Crippen molar-refractivity contribution in [3.05, 3.63) is 65.9 Å². The van der Waals surface area contributed by atoms with Gasteiger partial charge in [-0.05, 0) is 42.8 Å². The van der Waals surface area contributed by atoms with E-state index in [1.165, 1.54) is 0 Å². The Bertz CT molecular complexity index is 855. The maximum atomic E-state index is 12.3. The molecule has 2 N–H and O–H groups in total. The minimum atomic E-state index is -0.0707. The molecule has 2 aromatic carbocycles. The lowest BCUT2D eigenvalue weighted by Crippen LogP contribution is -2.14. The molecule has 3 rings (SSSR count). The number of H-pyrrole nitrogens is 1. The van der Waals surface area contributed by atoms with Crippen molar-refractivity contribution in [2.75, 3.05) is 12.4 Å². The van der Waals surface area contributed by atoms with E-state index in [2.05, 4.69) is 15.5 Å². The molecule has 0 spiro atoms. The monoisotopic (exact) mass is 321 g/mol. The van der Waals surface area contributed by atoms with E-state index >= 15 is 0 Å². The number of amides is 1. The topological polar surface area (TPSA) is 67.0 Å². The number of benzene rings is 2. The van der Waals surface area contributed by atoms with E-state index in [0.29, 0.717) is 6.42 Å². The summed E-state index contributed by atoms with van der Waals surface area (Å²) in [5, 5.41) is 10.1. The van der Waals surface area contributed by atoms with Crippen molar-refractivity contribution >= 4 is 11.6 Å². The minimum Gasteiger partial charge on any atom is -0.497 e. The van der Waals surface area contributed by atoms with Crippen molar-refractivity contribution < 1.29 is 9.53 Å². The lowest BCUT2D eigenvalue weighted by atomic mass is 10.1. The minimum absolute atomic E-state index is 0.0707. The number of anilines is 1. The molecule has 1 amide bonds. The highest BCUT2D eigenvalue weighted by Crippen LogP contribution is 2.21. The first kappa shape index (κ1) is 15.8. The number of carbonyl (C=O) groups is 1. The van der Waals surface area contributed by atoms with Gasteiger partial charge in [-0.25, -0.2) is 0 Å². The lowest BCUT2D eigenvalue weighted by Gasteiger charge is -2.08. The van der Waals surface area contributed by atoms with Crippen LogP contribution >= 0.6 is 0 Å². The third-order valence-electron chi connectivity index (χ3n) is 3.65. The summed E-state index contributed by atoms with van der Waals surface area (Å²) in [6.07, 6.45) is 0.295. The summed E-state index contributed by atoms with van der Waals surface area (Å²) >= 11 is 0. The first-order valence-corrected chi connectivity index (χ1v) is 7.69. The van der Waals surface area contributed by atoms with Gasteiger partial charge in [0.05, 0.1) is 19.2 Å². The van der Waals surface area contributed by atoms with E-state index in [1.807, 2.05) is 61.5 Å². The van der Waals surface area contributed by atoms with E-state index in [0.717, 1.165) is 34.0 Å². The Morgan fingerprint density at radius 1 is 1.17 bits per heavy atom. The SMILES string of the molecule is COc1cccc(CC(=O)Nc2cccc(-c3cc(C)[nH]n3)c2)c1. The molecule has 0 unspecified atom stereocenters. The zero-order valence-corrected chi connectivity index (χ0v) is 13.7. The molecule has 24 heavy (non-hydrogen) atoms. The number of hydrogen-bond donors (Lipinski definition) is 2. The molecule has 0 aliphatic carbocycles. The molecule has 5 nitrogen and oxygen atoms in total. The van der Waals surface area contributed by atoms with Gasteiger partial charge in [-0.15, -0.1) is 0 Å². The molecule has 1 aromatic heterocycles. The second kappa shape index (κ2) is 7.00. The van der Waals surface area contributed by atoms with E-state index in [9.17, 15) is 4.79 Å². The molecule has 3 aromatic rings. The Balaban J connectivity index is 1.70. The average molecular weight is 321 g/mol. The molecular formula is C19H19N3O2. The first-order valence-electron chi connectivity index (χ1n) is 7.69. The van der Waals surface area contributed by atoms with Crippen molar-refractivity contribution in [1.82, 2.24) is 10.2 Å². The molecule has 5 heteroatoms. The first-order chi connectivity index (χ1) is 11.6. The fourth-order valence-electron chi connectivity index (χ4n) is 2.50. The van der Waals surface area contributed by atoms with Gasteiger partial charge in [-0.1, -0.05) is 24.3 Å². The summed E-state index contributed by atoms with van der Waals surface area (Å²) < 4.78 is 5.18. The standard InChI is InChI=1S/C19H19N3O2/c1-13-9-18(22-21-13)15-6-4-7-16(12-15)20-19(23)11-14-5-3-8-17(10-14)24-2/h3-10,12H,11H2,1-2H3,(H,20,23)(H,21,22). The smallest absolute Gasteiger partial charge is 0.228 e. The highest BCUT2D eigenvalue weighted by atomic mass is 16.5. The predicted octanol–water partition coefficient (Wildman–Crippen LogP) is 3.57. The lowest BCUT2D eigenvalue weighted by molar-refractivity contribution is -0.115. The molecular weight excluding hydrogens is 302 g/mol. The highest BCUT2D eigenvalue weighted by Gasteiger charge is 2.07. The molecule has 0 atom stereocenters. The van der Waals surface area contributed by atoms with Gasteiger partial charge in [-0.3, -0.25) is 9.89 Å². The number of nitrogens with one attached hydrogen (secondary N) is 2. The Morgan fingerprint density at radius 2 is 2.00 bits per heavy atom. The summed E-state index contributed by atoms with van der Waals surface area (Å²) in [5.74, 6) is 0.676. The summed E-state index contributed by atoms with van der Waals surface area (Å²) in [6, 6.07) is 17.1. The van der Waals surface area contributed by atoms with Crippen molar-refractivity contribution in [3.8, 4) is 17.0 Å². The highest BCUT2D eigenvalue weighted by molar-refractivity contribution is 5.92. The second-order valence-corrected chi connectivity index (χ2v) is 5.59. The van der Waals surface area contributed by atoms with Gasteiger partial charge in [0.1, 0.15) is 5.75 Å². The average Bonchev–Trinajstić information content (AvgIpc) is 3.02. The number of nitrogens with zero attached hydrogens (tertiary/aromatic N) is 1. The summed E-state index contributed by atoms with van der Waals surface area (Å²) in [6.45, 7) is 1.95. The van der Waals surface area contributed by atoms with E-state index in [1.54, 1.807) is 7.11 Å². The normalized spacial score (nSPS) is 10.4. The summed E-state index contributed by atoms with van der Waals surface area (Å²) in [5.41, 5.74) is 4.47. The maximum absolute atomic E-state index is 12.3. The summed E-state index contributed by atoms with van der Waals surface area (Å²) in [4.78, 5) is 12.3. The molecule has 0 aliphatic rings. The number of aromatic nitrogens is 2. The number of ether oxygens (including phenoxy) is 1. The van der Waals surface area contributed by atoms with Crippen LogP contribution in [0.25, 0.3) is 11.3 Å². The van der Waals surface area contributed by atoms with Crippen LogP contribution in [0.4, 0.5) is 5.69 Å².